The highest BCUT2D eigenvalue weighted by Crippen LogP contribution is 2.14. The summed E-state index contributed by atoms with van der Waals surface area (Å²) in [4.78, 5) is 26.9. The molecule has 4 nitrogen and oxygen atoms in total. The zero-order valence-corrected chi connectivity index (χ0v) is 16.0. The number of carbonyl (C=O) groups is 2. The first kappa shape index (κ1) is 19.7. The van der Waals surface area contributed by atoms with Gasteiger partial charge in [0.15, 0.2) is 0 Å². The smallest absolute Gasteiger partial charge is 0.254 e. The molecule has 0 aliphatic carbocycles. The fourth-order valence-electron chi connectivity index (χ4n) is 2.61. The maximum absolute atomic E-state index is 12.9. The lowest BCUT2D eigenvalue weighted by Gasteiger charge is -2.27. The van der Waals surface area contributed by atoms with Crippen LogP contribution in [0.2, 0.25) is 0 Å². The van der Waals surface area contributed by atoms with Crippen molar-refractivity contribution in [2.75, 3.05) is 0 Å². The van der Waals surface area contributed by atoms with Gasteiger partial charge in [-0.3, -0.25) is 9.59 Å². The molecule has 1 unspecified atom stereocenters. The standard InChI is InChI=1S/C22H28N2O2/c1-5-17(4)23-21(25)19-11-13-20(14-12-19)22(26)24(16(2)3)15-18-9-7-6-8-10-18/h6-14,16-17H,5,15H2,1-4H3,(H,23,25). The SMILES string of the molecule is CCC(C)NC(=O)c1ccc(C(=O)N(Cc2ccccc2)C(C)C)cc1. The van der Waals surface area contributed by atoms with Gasteiger partial charge in [0.2, 0.25) is 0 Å². The summed E-state index contributed by atoms with van der Waals surface area (Å²) in [5.41, 5.74) is 2.26. The summed E-state index contributed by atoms with van der Waals surface area (Å²) in [7, 11) is 0. The Morgan fingerprint density at radius 1 is 0.923 bits per heavy atom. The molecule has 138 valence electrons. The number of nitrogens with zero attached hydrogens (tertiary/aromatic N) is 1. The average molecular weight is 352 g/mol. The molecule has 0 saturated carbocycles. The predicted octanol–water partition coefficient (Wildman–Crippen LogP) is 4.27. The maximum Gasteiger partial charge on any atom is 0.254 e. The molecule has 0 spiro atoms. The molecule has 0 heterocycles. The summed E-state index contributed by atoms with van der Waals surface area (Å²) in [5, 5.41) is 2.93. The van der Waals surface area contributed by atoms with E-state index in [1.165, 1.54) is 0 Å². The van der Waals surface area contributed by atoms with E-state index in [2.05, 4.69) is 5.32 Å². The Hall–Kier alpha value is -2.62. The Bertz CT molecular complexity index is 724. The lowest BCUT2D eigenvalue weighted by atomic mass is 10.1. The summed E-state index contributed by atoms with van der Waals surface area (Å²) < 4.78 is 0. The van der Waals surface area contributed by atoms with Gasteiger partial charge in [-0.15, -0.1) is 0 Å². The van der Waals surface area contributed by atoms with Gasteiger partial charge in [0.05, 0.1) is 0 Å². The fourth-order valence-corrected chi connectivity index (χ4v) is 2.61. The Balaban J connectivity index is 2.12. The molecule has 0 saturated heterocycles. The van der Waals surface area contributed by atoms with Crippen molar-refractivity contribution in [1.82, 2.24) is 10.2 Å². The fraction of sp³-hybridized carbons (Fsp3) is 0.364. The molecule has 1 N–H and O–H groups in total. The van der Waals surface area contributed by atoms with E-state index < -0.39 is 0 Å². The van der Waals surface area contributed by atoms with Crippen molar-refractivity contribution < 1.29 is 9.59 Å². The van der Waals surface area contributed by atoms with Crippen LogP contribution in [0, 0.1) is 0 Å². The van der Waals surface area contributed by atoms with Gasteiger partial charge in [-0.25, -0.2) is 0 Å². The molecule has 0 fully saturated rings. The van der Waals surface area contributed by atoms with Crippen LogP contribution >= 0.6 is 0 Å². The van der Waals surface area contributed by atoms with Crippen molar-refractivity contribution in [1.29, 1.82) is 0 Å². The van der Waals surface area contributed by atoms with E-state index in [0.29, 0.717) is 17.7 Å². The number of carbonyl (C=O) groups excluding carboxylic acids is 2. The van der Waals surface area contributed by atoms with Gasteiger partial charge in [0.1, 0.15) is 0 Å². The molecule has 26 heavy (non-hydrogen) atoms. The lowest BCUT2D eigenvalue weighted by Crippen LogP contribution is -2.36. The van der Waals surface area contributed by atoms with E-state index >= 15 is 0 Å². The van der Waals surface area contributed by atoms with E-state index in [4.69, 9.17) is 0 Å². The molecule has 2 rings (SSSR count). The number of rotatable bonds is 7. The van der Waals surface area contributed by atoms with Crippen LogP contribution in [0.1, 0.15) is 60.4 Å². The largest absolute Gasteiger partial charge is 0.350 e. The molecule has 0 bridgehead atoms. The number of benzene rings is 2. The third-order valence-electron chi connectivity index (χ3n) is 4.46. The third-order valence-corrected chi connectivity index (χ3v) is 4.46. The van der Waals surface area contributed by atoms with Crippen LogP contribution in [0.5, 0.6) is 0 Å². The monoisotopic (exact) mass is 352 g/mol. The highest BCUT2D eigenvalue weighted by molar-refractivity contribution is 5.98. The number of hydrogen-bond acceptors (Lipinski definition) is 2. The second-order valence-electron chi connectivity index (χ2n) is 6.87. The highest BCUT2D eigenvalue weighted by atomic mass is 16.2. The van der Waals surface area contributed by atoms with Crippen LogP contribution in [0.15, 0.2) is 54.6 Å². The number of hydrogen-bond donors (Lipinski definition) is 1. The molecular weight excluding hydrogens is 324 g/mol. The minimum absolute atomic E-state index is 0.0299. The van der Waals surface area contributed by atoms with Crippen molar-refractivity contribution in [2.24, 2.45) is 0 Å². The van der Waals surface area contributed by atoms with Crippen LogP contribution in [0.4, 0.5) is 0 Å². The quantitative estimate of drug-likeness (QED) is 0.809. The van der Waals surface area contributed by atoms with Gasteiger partial charge in [-0.05, 0) is 57.0 Å². The molecule has 0 aromatic heterocycles. The zero-order valence-electron chi connectivity index (χ0n) is 16.0. The van der Waals surface area contributed by atoms with Crippen LogP contribution < -0.4 is 5.32 Å². The first-order chi connectivity index (χ1) is 12.4. The third kappa shape index (κ3) is 5.19. The average Bonchev–Trinajstić information content (AvgIpc) is 2.66. The predicted molar refractivity (Wildman–Crippen MR) is 105 cm³/mol. The molecule has 2 amide bonds. The lowest BCUT2D eigenvalue weighted by molar-refractivity contribution is 0.0690. The number of amides is 2. The van der Waals surface area contributed by atoms with Crippen molar-refractivity contribution in [2.45, 2.75) is 52.7 Å². The molecule has 0 aliphatic rings. The first-order valence-corrected chi connectivity index (χ1v) is 9.18. The van der Waals surface area contributed by atoms with Crippen molar-refractivity contribution in [3.8, 4) is 0 Å². The molecule has 2 aromatic carbocycles. The molecule has 2 aromatic rings. The van der Waals surface area contributed by atoms with Gasteiger partial charge in [0.25, 0.3) is 11.8 Å². The van der Waals surface area contributed by atoms with Crippen molar-refractivity contribution >= 4 is 11.8 Å². The number of nitrogens with one attached hydrogen (secondary N) is 1. The second-order valence-corrected chi connectivity index (χ2v) is 6.87. The van der Waals surface area contributed by atoms with Crippen molar-refractivity contribution in [3.63, 3.8) is 0 Å². The summed E-state index contributed by atoms with van der Waals surface area (Å²) in [6.07, 6.45) is 0.880. The molecular formula is C22H28N2O2. The topological polar surface area (TPSA) is 49.4 Å². The summed E-state index contributed by atoms with van der Waals surface area (Å²) in [5.74, 6) is -0.138. The maximum atomic E-state index is 12.9. The van der Waals surface area contributed by atoms with E-state index in [0.717, 1.165) is 12.0 Å². The summed E-state index contributed by atoms with van der Waals surface area (Å²) in [6.45, 7) is 8.58. The molecule has 4 heteroatoms. The first-order valence-electron chi connectivity index (χ1n) is 9.18. The van der Waals surface area contributed by atoms with E-state index in [9.17, 15) is 9.59 Å². The Morgan fingerprint density at radius 3 is 2.04 bits per heavy atom. The van der Waals surface area contributed by atoms with Gasteiger partial charge >= 0.3 is 0 Å². The van der Waals surface area contributed by atoms with Crippen LogP contribution in [0.25, 0.3) is 0 Å². The Kier molecular flexibility index (Phi) is 6.96. The molecule has 0 radical (unpaired) electrons. The van der Waals surface area contributed by atoms with Crippen molar-refractivity contribution in [3.05, 3.63) is 71.3 Å². The molecule has 1 atom stereocenters. The Morgan fingerprint density at radius 2 is 1.50 bits per heavy atom. The second kappa shape index (κ2) is 9.18. The van der Waals surface area contributed by atoms with E-state index in [1.54, 1.807) is 24.3 Å². The van der Waals surface area contributed by atoms with Crippen LogP contribution in [0.3, 0.4) is 0 Å². The normalized spacial score (nSPS) is 11.9. The van der Waals surface area contributed by atoms with Gasteiger partial charge in [-0.1, -0.05) is 37.3 Å². The molecule has 0 aliphatic heterocycles. The van der Waals surface area contributed by atoms with E-state index in [1.807, 2.05) is 62.9 Å². The van der Waals surface area contributed by atoms with Crippen LogP contribution in [-0.4, -0.2) is 28.8 Å². The van der Waals surface area contributed by atoms with Crippen LogP contribution in [-0.2, 0) is 6.54 Å². The minimum Gasteiger partial charge on any atom is -0.350 e. The minimum atomic E-state index is -0.108. The van der Waals surface area contributed by atoms with Gasteiger partial charge in [-0.2, -0.15) is 0 Å². The Labute approximate surface area is 156 Å². The summed E-state index contributed by atoms with van der Waals surface area (Å²) >= 11 is 0. The zero-order chi connectivity index (χ0) is 19.1. The van der Waals surface area contributed by atoms with Gasteiger partial charge < -0.3 is 10.2 Å². The van der Waals surface area contributed by atoms with Gasteiger partial charge in [0, 0.05) is 29.8 Å². The van der Waals surface area contributed by atoms with E-state index in [-0.39, 0.29) is 23.9 Å². The summed E-state index contributed by atoms with van der Waals surface area (Å²) in [6, 6.07) is 17.1. The highest BCUT2D eigenvalue weighted by Gasteiger charge is 2.19.